The van der Waals surface area contributed by atoms with Gasteiger partial charge in [-0.3, -0.25) is 5.32 Å². The highest BCUT2D eigenvalue weighted by Crippen LogP contribution is 2.31. The van der Waals surface area contributed by atoms with Crippen LogP contribution in [0, 0.1) is 22.7 Å². The first-order valence-electron chi connectivity index (χ1n) is 6.64. The Balaban J connectivity index is 2.31. The Morgan fingerprint density at radius 3 is 2.67 bits per heavy atom. The highest BCUT2D eigenvalue weighted by Gasteiger charge is 2.13. The summed E-state index contributed by atoms with van der Waals surface area (Å²) >= 11 is 6.21. The molecule has 0 fully saturated rings. The minimum Gasteiger partial charge on any atom is -0.337 e. The molecule has 0 aliphatic heterocycles. The van der Waals surface area contributed by atoms with Crippen LogP contribution < -0.4 is 5.32 Å². The molecule has 0 saturated carbocycles. The summed E-state index contributed by atoms with van der Waals surface area (Å²) in [5, 5.41) is 21.7. The highest BCUT2D eigenvalue weighted by atomic mass is 35.5. The summed E-state index contributed by atoms with van der Waals surface area (Å²) < 4.78 is 1.93. The number of nitriles is 2. The molecule has 0 spiro atoms. The van der Waals surface area contributed by atoms with Crippen molar-refractivity contribution in [2.75, 3.05) is 6.54 Å². The molecule has 2 rings (SSSR count). The topological polar surface area (TPSA) is 64.5 Å². The van der Waals surface area contributed by atoms with Crippen LogP contribution in [-0.4, -0.2) is 11.1 Å². The van der Waals surface area contributed by atoms with Crippen molar-refractivity contribution >= 4 is 11.6 Å². The zero-order valence-corrected chi connectivity index (χ0v) is 12.4. The Morgan fingerprint density at radius 2 is 2.00 bits per heavy atom. The van der Waals surface area contributed by atoms with Crippen LogP contribution in [0.25, 0.3) is 11.1 Å². The Hall–Kier alpha value is -2.27. The van der Waals surface area contributed by atoms with Gasteiger partial charge in [-0.05, 0) is 13.0 Å². The van der Waals surface area contributed by atoms with Crippen molar-refractivity contribution in [3.63, 3.8) is 0 Å². The van der Waals surface area contributed by atoms with Gasteiger partial charge in [0.05, 0.1) is 17.8 Å². The predicted molar refractivity (Wildman–Crippen MR) is 82.5 cm³/mol. The first kappa shape index (κ1) is 15.1. The molecule has 1 heterocycles. The maximum Gasteiger partial charge on any atom is 0.101 e. The Bertz CT molecular complexity index is 706. The van der Waals surface area contributed by atoms with E-state index in [0.29, 0.717) is 23.6 Å². The van der Waals surface area contributed by atoms with Gasteiger partial charge in [-0.2, -0.15) is 10.5 Å². The predicted octanol–water partition coefficient (Wildman–Crippen LogP) is 3.70. The molecule has 0 aliphatic rings. The summed E-state index contributed by atoms with van der Waals surface area (Å²) in [6, 6.07) is 11.8. The number of nitrogens with zero attached hydrogens (tertiary/aromatic N) is 3. The maximum atomic E-state index is 9.31. The molecule has 2 aromatic rings. The molecule has 0 bridgehead atoms. The van der Waals surface area contributed by atoms with E-state index in [1.165, 1.54) is 0 Å². The molecule has 0 saturated heterocycles. The second kappa shape index (κ2) is 6.95. The van der Waals surface area contributed by atoms with Gasteiger partial charge in [-0.25, -0.2) is 0 Å². The molecule has 5 heteroatoms. The van der Waals surface area contributed by atoms with Crippen LogP contribution in [-0.2, 0) is 0 Å². The van der Waals surface area contributed by atoms with E-state index in [9.17, 15) is 5.26 Å². The minimum absolute atomic E-state index is 0.00156. The van der Waals surface area contributed by atoms with Gasteiger partial charge in [0.2, 0.25) is 0 Å². The average molecular weight is 299 g/mol. The zero-order valence-electron chi connectivity index (χ0n) is 11.7. The monoisotopic (exact) mass is 298 g/mol. The van der Waals surface area contributed by atoms with Crippen LogP contribution in [0.1, 0.15) is 25.1 Å². The maximum absolute atomic E-state index is 9.31. The fourth-order valence-electron chi connectivity index (χ4n) is 2.12. The Morgan fingerprint density at radius 1 is 1.24 bits per heavy atom. The average Bonchev–Trinajstić information content (AvgIpc) is 2.92. The lowest BCUT2D eigenvalue weighted by atomic mass is 10.1. The van der Waals surface area contributed by atoms with E-state index in [1.807, 2.05) is 42.0 Å². The van der Waals surface area contributed by atoms with Gasteiger partial charge in [0, 0.05) is 41.5 Å². The molecule has 0 radical (unpaired) electrons. The SMILES string of the molecule is CC(NCCC#N)n1cc(C#N)c(-c2ccccc2Cl)c1. The van der Waals surface area contributed by atoms with Gasteiger partial charge in [-0.1, -0.05) is 29.8 Å². The Kier molecular flexibility index (Phi) is 5.00. The summed E-state index contributed by atoms with van der Waals surface area (Å²) in [6.07, 6.45) is 4.15. The van der Waals surface area contributed by atoms with Gasteiger partial charge in [0.15, 0.2) is 0 Å². The highest BCUT2D eigenvalue weighted by molar-refractivity contribution is 6.33. The van der Waals surface area contributed by atoms with Crippen LogP contribution in [0.4, 0.5) is 0 Å². The molecular weight excluding hydrogens is 284 g/mol. The van der Waals surface area contributed by atoms with Gasteiger partial charge in [-0.15, -0.1) is 0 Å². The smallest absolute Gasteiger partial charge is 0.101 e. The van der Waals surface area contributed by atoms with Crippen molar-refractivity contribution < 1.29 is 0 Å². The lowest BCUT2D eigenvalue weighted by Gasteiger charge is -2.14. The van der Waals surface area contributed by atoms with Crippen LogP contribution in [0.3, 0.4) is 0 Å². The van der Waals surface area contributed by atoms with E-state index in [-0.39, 0.29) is 6.17 Å². The number of hydrogen-bond acceptors (Lipinski definition) is 3. The molecule has 4 nitrogen and oxygen atoms in total. The van der Waals surface area contributed by atoms with Crippen molar-refractivity contribution in [1.82, 2.24) is 9.88 Å². The van der Waals surface area contributed by atoms with E-state index in [1.54, 1.807) is 6.20 Å². The quantitative estimate of drug-likeness (QED) is 0.856. The number of benzene rings is 1. The summed E-state index contributed by atoms with van der Waals surface area (Å²) in [6.45, 7) is 2.59. The first-order valence-corrected chi connectivity index (χ1v) is 7.02. The summed E-state index contributed by atoms with van der Waals surface area (Å²) in [4.78, 5) is 0. The van der Waals surface area contributed by atoms with E-state index < -0.39 is 0 Å². The number of aromatic nitrogens is 1. The second-order valence-electron chi connectivity index (χ2n) is 4.66. The standard InChI is InChI=1S/C16H15ClN4/c1-12(20-8-4-7-18)21-10-13(9-19)15(11-21)14-5-2-3-6-16(14)17/h2-3,5-6,10-12,20H,4,8H2,1H3. The van der Waals surface area contributed by atoms with E-state index in [0.717, 1.165) is 11.1 Å². The van der Waals surface area contributed by atoms with E-state index >= 15 is 0 Å². The molecule has 1 N–H and O–H groups in total. The molecule has 106 valence electrons. The van der Waals surface area contributed by atoms with Gasteiger partial charge in [0.1, 0.15) is 6.07 Å². The normalized spacial score (nSPS) is 11.6. The zero-order chi connectivity index (χ0) is 15.2. The number of nitrogens with one attached hydrogen (secondary N) is 1. The minimum atomic E-state index is 0.00156. The third-order valence-electron chi connectivity index (χ3n) is 3.25. The largest absolute Gasteiger partial charge is 0.337 e. The lowest BCUT2D eigenvalue weighted by Crippen LogP contribution is -2.23. The first-order chi connectivity index (χ1) is 10.2. The number of rotatable bonds is 5. The van der Waals surface area contributed by atoms with Crippen LogP contribution in [0.15, 0.2) is 36.7 Å². The van der Waals surface area contributed by atoms with Crippen molar-refractivity contribution in [3.8, 4) is 23.3 Å². The molecular formula is C16H15ClN4. The summed E-state index contributed by atoms with van der Waals surface area (Å²) in [5.41, 5.74) is 2.24. The Labute approximate surface area is 129 Å². The van der Waals surface area contributed by atoms with Gasteiger partial charge < -0.3 is 4.57 Å². The molecule has 21 heavy (non-hydrogen) atoms. The lowest BCUT2D eigenvalue weighted by molar-refractivity contribution is 0.444. The van der Waals surface area contributed by atoms with Crippen molar-refractivity contribution in [2.45, 2.75) is 19.5 Å². The molecule has 0 aliphatic carbocycles. The van der Waals surface area contributed by atoms with E-state index in [2.05, 4.69) is 17.5 Å². The van der Waals surface area contributed by atoms with Crippen LogP contribution in [0.2, 0.25) is 5.02 Å². The van der Waals surface area contributed by atoms with Gasteiger partial charge in [0.25, 0.3) is 0 Å². The fraction of sp³-hybridized carbons (Fsp3) is 0.250. The molecule has 0 amide bonds. The third-order valence-corrected chi connectivity index (χ3v) is 3.58. The van der Waals surface area contributed by atoms with E-state index in [4.69, 9.17) is 16.9 Å². The molecule has 1 aromatic heterocycles. The molecule has 1 unspecified atom stereocenters. The van der Waals surface area contributed by atoms with Gasteiger partial charge >= 0.3 is 0 Å². The summed E-state index contributed by atoms with van der Waals surface area (Å²) in [5.74, 6) is 0. The number of hydrogen-bond donors (Lipinski definition) is 1. The fourth-order valence-corrected chi connectivity index (χ4v) is 2.36. The van der Waals surface area contributed by atoms with Crippen LogP contribution in [0.5, 0.6) is 0 Å². The van der Waals surface area contributed by atoms with Crippen molar-refractivity contribution in [3.05, 3.63) is 47.2 Å². The molecule has 1 aromatic carbocycles. The third kappa shape index (κ3) is 3.44. The molecule has 1 atom stereocenters. The van der Waals surface area contributed by atoms with Crippen molar-refractivity contribution in [2.24, 2.45) is 0 Å². The van der Waals surface area contributed by atoms with Crippen LogP contribution >= 0.6 is 11.6 Å². The number of halogens is 1. The second-order valence-corrected chi connectivity index (χ2v) is 5.07. The summed E-state index contributed by atoms with van der Waals surface area (Å²) in [7, 11) is 0. The van der Waals surface area contributed by atoms with Crippen molar-refractivity contribution in [1.29, 1.82) is 10.5 Å².